The van der Waals surface area contributed by atoms with Crippen molar-refractivity contribution < 1.29 is 31.1 Å². The summed E-state index contributed by atoms with van der Waals surface area (Å²) in [6, 6.07) is 14.0. The molecule has 0 saturated heterocycles. The molecule has 2 aromatic rings. The number of alkyl halides is 6. The summed E-state index contributed by atoms with van der Waals surface area (Å²) in [5, 5.41) is 0. The van der Waals surface area contributed by atoms with Crippen LogP contribution in [0.15, 0.2) is 54.6 Å². The Morgan fingerprint density at radius 1 is 0.909 bits per heavy atom. The smallest absolute Gasteiger partial charge is 0.430 e. The van der Waals surface area contributed by atoms with Crippen LogP contribution < -0.4 is 4.74 Å². The van der Waals surface area contributed by atoms with Crippen LogP contribution in [0.4, 0.5) is 26.3 Å². The summed E-state index contributed by atoms with van der Waals surface area (Å²) in [6.45, 7) is 2.17. The fourth-order valence-corrected chi connectivity index (χ4v) is 4.18. The summed E-state index contributed by atoms with van der Waals surface area (Å²) >= 11 is 0. The third kappa shape index (κ3) is 7.02. The molecule has 0 spiro atoms. The Kier molecular flexibility index (Phi) is 8.14. The lowest BCUT2D eigenvalue weighted by atomic mass is 9.78. The second-order valence-electron chi connectivity index (χ2n) is 8.60. The monoisotopic (exact) mass is 470 g/mol. The van der Waals surface area contributed by atoms with E-state index in [1.54, 1.807) is 0 Å². The SMILES string of the molecule is CCCc1ccc(C2CCC(/C=C/c3ccc(OC(F)(F)C(F)C(F)(F)F)cc3)CC2)cc1. The van der Waals surface area contributed by atoms with Gasteiger partial charge in [0.15, 0.2) is 0 Å². The molecule has 1 saturated carbocycles. The molecule has 0 aromatic heterocycles. The van der Waals surface area contributed by atoms with E-state index < -0.39 is 24.2 Å². The van der Waals surface area contributed by atoms with Gasteiger partial charge in [0.1, 0.15) is 5.75 Å². The number of allylic oxidation sites excluding steroid dienone is 1. The molecule has 1 atom stereocenters. The van der Waals surface area contributed by atoms with Gasteiger partial charge in [-0.3, -0.25) is 0 Å². The van der Waals surface area contributed by atoms with Gasteiger partial charge in [0.05, 0.1) is 0 Å². The predicted octanol–water partition coefficient (Wildman–Crippen LogP) is 8.50. The third-order valence-electron chi connectivity index (χ3n) is 6.04. The normalized spacial score (nSPS) is 20.7. The molecule has 1 aliphatic carbocycles. The zero-order valence-corrected chi connectivity index (χ0v) is 18.4. The zero-order chi connectivity index (χ0) is 24.1. The molecule has 7 heteroatoms. The highest BCUT2D eigenvalue weighted by atomic mass is 19.4. The van der Waals surface area contributed by atoms with Gasteiger partial charge in [-0.25, -0.2) is 4.39 Å². The predicted molar refractivity (Wildman–Crippen MR) is 117 cm³/mol. The van der Waals surface area contributed by atoms with Gasteiger partial charge in [0, 0.05) is 0 Å². The highest BCUT2D eigenvalue weighted by Gasteiger charge is 2.59. The number of ether oxygens (including phenoxy) is 1. The molecule has 1 fully saturated rings. The van der Waals surface area contributed by atoms with E-state index in [9.17, 15) is 26.3 Å². The average molecular weight is 470 g/mol. The molecule has 0 amide bonds. The van der Waals surface area contributed by atoms with Crippen LogP contribution in [0.5, 0.6) is 5.75 Å². The molecular formula is C26H28F6O. The van der Waals surface area contributed by atoms with Gasteiger partial charge in [0.25, 0.3) is 6.17 Å². The Bertz CT molecular complexity index is 894. The first-order valence-electron chi connectivity index (χ1n) is 11.2. The van der Waals surface area contributed by atoms with Crippen molar-refractivity contribution in [1.82, 2.24) is 0 Å². The Morgan fingerprint density at radius 3 is 2.06 bits per heavy atom. The van der Waals surface area contributed by atoms with Gasteiger partial charge in [-0.2, -0.15) is 22.0 Å². The van der Waals surface area contributed by atoms with Gasteiger partial charge in [-0.15, -0.1) is 0 Å². The summed E-state index contributed by atoms with van der Waals surface area (Å²) in [6.07, 6.45) is -4.66. The van der Waals surface area contributed by atoms with Crippen molar-refractivity contribution in [3.8, 4) is 5.75 Å². The van der Waals surface area contributed by atoms with Crippen LogP contribution in [0.3, 0.4) is 0 Å². The Labute approximate surface area is 190 Å². The van der Waals surface area contributed by atoms with E-state index in [2.05, 4.69) is 42.0 Å². The fourth-order valence-electron chi connectivity index (χ4n) is 4.18. The number of benzene rings is 2. The average Bonchev–Trinajstić information content (AvgIpc) is 2.78. The van der Waals surface area contributed by atoms with Crippen LogP contribution in [0.25, 0.3) is 6.08 Å². The molecule has 0 bridgehead atoms. The van der Waals surface area contributed by atoms with Crippen molar-refractivity contribution in [1.29, 1.82) is 0 Å². The van der Waals surface area contributed by atoms with Crippen molar-refractivity contribution in [2.75, 3.05) is 0 Å². The maximum Gasteiger partial charge on any atom is 0.439 e. The van der Waals surface area contributed by atoms with Gasteiger partial charge >= 0.3 is 12.3 Å². The minimum atomic E-state index is -5.70. The second kappa shape index (κ2) is 10.7. The lowest BCUT2D eigenvalue weighted by Crippen LogP contribution is -2.45. The van der Waals surface area contributed by atoms with Crippen LogP contribution in [-0.2, 0) is 6.42 Å². The van der Waals surface area contributed by atoms with Gasteiger partial charge in [0.2, 0.25) is 0 Å². The lowest BCUT2D eigenvalue weighted by molar-refractivity contribution is -0.304. The molecule has 0 radical (unpaired) electrons. The van der Waals surface area contributed by atoms with Crippen molar-refractivity contribution in [2.45, 2.75) is 69.8 Å². The summed E-state index contributed by atoms with van der Waals surface area (Å²) in [4.78, 5) is 0. The molecule has 0 N–H and O–H groups in total. The lowest BCUT2D eigenvalue weighted by Gasteiger charge is -2.27. The highest BCUT2D eigenvalue weighted by molar-refractivity contribution is 5.51. The maximum atomic E-state index is 13.4. The molecule has 2 aromatic carbocycles. The standard InChI is InChI=1S/C26H28F6O/c1-2-3-18-6-12-21(13-7-18)22-14-8-19(9-15-22)4-5-20-10-16-23(17-11-20)33-26(31,32)24(27)25(28,29)30/h4-7,10-13,16-17,19,22,24H,2-3,8-9,14-15H2,1H3/b5-4+. The van der Waals surface area contributed by atoms with E-state index in [0.29, 0.717) is 17.4 Å². The van der Waals surface area contributed by atoms with E-state index in [0.717, 1.165) is 50.7 Å². The van der Waals surface area contributed by atoms with Gasteiger partial charge in [-0.1, -0.05) is 61.9 Å². The Balaban J connectivity index is 1.51. The van der Waals surface area contributed by atoms with Crippen molar-refractivity contribution >= 4 is 6.08 Å². The molecule has 1 aliphatic rings. The van der Waals surface area contributed by atoms with Crippen LogP contribution in [-0.4, -0.2) is 18.5 Å². The molecular weight excluding hydrogens is 442 g/mol. The fraction of sp³-hybridized carbons (Fsp3) is 0.462. The van der Waals surface area contributed by atoms with E-state index in [1.807, 2.05) is 6.08 Å². The number of rotatable bonds is 8. The number of hydrogen-bond acceptors (Lipinski definition) is 1. The first-order valence-corrected chi connectivity index (χ1v) is 11.2. The molecule has 1 unspecified atom stereocenters. The summed E-state index contributed by atoms with van der Waals surface area (Å²) in [5.74, 6) is 0.425. The number of hydrogen-bond donors (Lipinski definition) is 0. The molecule has 3 rings (SSSR count). The van der Waals surface area contributed by atoms with Crippen molar-refractivity contribution in [3.05, 3.63) is 71.3 Å². The third-order valence-corrected chi connectivity index (χ3v) is 6.04. The van der Waals surface area contributed by atoms with Crippen LogP contribution >= 0.6 is 0 Å². The molecule has 0 aliphatic heterocycles. The minimum absolute atomic E-state index is 0.403. The van der Waals surface area contributed by atoms with Gasteiger partial charge < -0.3 is 4.74 Å². The van der Waals surface area contributed by atoms with E-state index in [1.165, 1.54) is 23.3 Å². The summed E-state index contributed by atoms with van der Waals surface area (Å²) in [5.41, 5.74) is 3.44. The molecule has 180 valence electrons. The zero-order valence-electron chi connectivity index (χ0n) is 18.4. The minimum Gasteiger partial charge on any atom is -0.430 e. The molecule has 1 nitrogen and oxygen atoms in total. The van der Waals surface area contributed by atoms with Crippen LogP contribution in [0, 0.1) is 5.92 Å². The van der Waals surface area contributed by atoms with Crippen molar-refractivity contribution in [2.24, 2.45) is 5.92 Å². The number of halogens is 6. The summed E-state index contributed by atoms with van der Waals surface area (Å²) < 4.78 is 80.3. The Hall–Kier alpha value is -2.44. The van der Waals surface area contributed by atoms with Crippen molar-refractivity contribution in [3.63, 3.8) is 0 Å². The first kappa shape index (κ1) is 25.2. The number of aryl methyl sites for hydroxylation is 1. The first-order chi connectivity index (χ1) is 15.6. The van der Waals surface area contributed by atoms with E-state index in [-0.39, 0.29) is 0 Å². The maximum absolute atomic E-state index is 13.4. The van der Waals surface area contributed by atoms with Gasteiger partial charge in [-0.05, 0) is 72.8 Å². The summed E-state index contributed by atoms with van der Waals surface area (Å²) in [7, 11) is 0. The van der Waals surface area contributed by atoms with Crippen LogP contribution in [0.2, 0.25) is 0 Å². The largest absolute Gasteiger partial charge is 0.439 e. The van der Waals surface area contributed by atoms with E-state index >= 15 is 0 Å². The molecule has 0 heterocycles. The molecule has 33 heavy (non-hydrogen) atoms. The van der Waals surface area contributed by atoms with E-state index in [4.69, 9.17) is 0 Å². The van der Waals surface area contributed by atoms with Crippen LogP contribution in [0.1, 0.15) is 61.6 Å². The second-order valence-corrected chi connectivity index (χ2v) is 8.60. The quantitative estimate of drug-likeness (QED) is 0.352. The highest BCUT2D eigenvalue weighted by Crippen LogP contribution is 2.38. The topological polar surface area (TPSA) is 9.23 Å². The Morgan fingerprint density at radius 2 is 1.52 bits per heavy atom.